The van der Waals surface area contributed by atoms with E-state index in [9.17, 15) is 4.79 Å². The van der Waals surface area contributed by atoms with E-state index in [1.54, 1.807) is 13.2 Å². The van der Waals surface area contributed by atoms with Gasteiger partial charge in [0.1, 0.15) is 11.4 Å². The number of methoxy groups -OCH3 is 1. The third-order valence-corrected chi connectivity index (χ3v) is 4.25. The molecule has 1 aliphatic carbocycles. The van der Waals surface area contributed by atoms with Gasteiger partial charge in [-0.15, -0.1) is 10.2 Å². The number of carbonyl (C=O) groups is 1. The van der Waals surface area contributed by atoms with E-state index in [-0.39, 0.29) is 18.1 Å². The van der Waals surface area contributed by atoms with Gasteiger partial charge in [-0.05, 0) is 40.0 Å². The third-order valence-electron chi connectivity index (χ3n) is 4.25. The quantitative estimate of drug-likeness (QED) is 0.918. The first-order valence-electron chi connectivity index (χ1n) is 8.61. The van der Waals surface area contributed by atoms with E-state index >= 15 is 0 Å². The average Bonchev–Trinajstić information content (AvgIpc) is 2.96. The fourth-order valence-corrected chi connectivity index (χ4v) is 3.21. The molecule has 0 aliphatic heterocycles. The van der Waals surface area contributed by atoms with Crippen LogP contribution in [-0.4, -0.2) is 44.4 Å². The van der Waals surface area contributed by atoms with Crippen molar-refractivity contribution in [2.45, 2.75) is 64.0 Å². The number of aromatic nitrogens is 4. The van der Waals surface area contributed by atoms with Gasteiger partial charge in [-0.3, -0.25) is 4.40 Å². The summed E-state index contributed by atoms with van der Waals surface area (Å²) >= 11 is 0. The van der Waals surface area contributed by atoms with Gasteiger partial charge in [0.25, 0.3) is 5.78 Å². The number of carbonyl (C=O) groups excluding carboxylic acids is 1. The van der Waals surface area contributed by atoms with Gasteiger partial charge in [-0.25, -0.2) is 4.79 Å². The van der Waals surface area contributed by atoms with E-state index in [2.05, 4.69) is 20.5 Å². The van der Waals surface area contributed by atoms with E-state index in [0.717, 1.165) is 31.5 Å². The minimum absolute atomic E-state index is 0.0761. The molecule has 2 aromatic heterocycles. The molecule has 1 amide bonds. The zero-order chi connectivity index (χ0) is 18.0. The molecular formula is C17H25N5O3. The van der Waals surface area contributed by atoms with Crippen LogP contribution in [0.25, 0.3) is 5.78 Å². The monoisotopic (exact) mass is 347 g/mol. The highest BCUT2D eigenvalue weighted by Crippen LogP contribution is 2.32. The van der Waals surface area contributed by atoms with Gasteiger partial charge >= 0.3 is 6.09 Å². The van der Waals surface area contributed by atoms with Crippen molar-refractivity contribution < 1.29 is 14.3 Å². The van der Waals surface area contributed by atoms with Crippen LogP contribution in [0.2, 0.25) is 0 Å². The largest absolute Gasteiger partial charge is 0.481 e. The lowest BCUT2D eigenvalue weighted by Crippen LogP contribution is -2.41. The summed E-state index contributed by atoms with van der Waals surface area (Å²) in [4.78, 5) is 16.3. The van der Waals surface area contributed by atoms with E-state index in [1.807, 2.05) is 31.4 Å². The molecule has 2 heterocycles. The van der Waals surface area contributed by atoms with Crippen molar-refractivity contribution in [3.05, 3.63) is 18.1 Å². The van der Waals surface area contributed by atoms with Gasteiger partial charge < -0.3 is 14.8 Å². The van der Waals surface area contributed by atoms with Crippen molar-refractivity contribution >= 4 is 11.9 Å². The summed E-state index contributed by atoms with van der Waals surface area (Å²) in [6.45, 7) is 5.58. The Morgan fingerprint density at radius 1 is 1.32 bits per heavy atom. The van der Waals surface area contributed by atoms with Gasteiger partial charge in [0.05, 0.1) is 7.11 Å². The van der Waals surface area contributed by atoms with Crippen LogP contribution in [0.3, 0.4) is 0 Å². The maximum absolute atomic E-state index is 12.0. The molecule has 1 aliphatic rings. The lowest BCUT2D eigenvalue weighted by Gasteiger charge is -2.29. The second-order valence-corrected chi connectivity index (χ2v) is 7.40. The second-order valence-electron chi connectivity index (χ2n) is 7.40. The molecule has 2 aromatic rings. The van der Waals surface area contributed by atoms with Gasteiger partial charge in [-0.1, -0.05) is 6.42 Å². The summed E-state index contributed by atoms with van der Waals surface area (Å²) < 4.78 is 12.4. The predicted octanol–water partition coefficient (Wildman–Crippen LogP) is 2.68. The molecule has 25 heavy (non-hydrogen) atoms. The minimum atomic E-state index is -0.494. The van der Waals surface area contributed by atoms with Crippen molar-refractivity contribution in [3.63, 3.8) is 0 Å². The van der Waals surface area contributed by atoms with Crippen LogP contribution in [-0.2, 0) is 4.74 Å². The molecule has 1 fully saturated rings. The number of amides is 1. The normalized spacial score (nSPS) is 21.1. The fraction of sp³-hybridized carbons (Fsp3) is 0.647. The molecule has 0 unspecified atom stereocenters. The predicted molar refractivity (Wildman–Crippen MR) is 91.7 cm³/mol. The van der Waals surface area contributed by atoms with Gasteiger partial charge in [0, 0.05) is 24.2 Å². The van der Waals surface area contributed by atoms with Crippen LogP contribution in [0, 0.1) is 0 Å². The number of hydrogen-bond acceptors (Lipinski definition) is 6. The van der Waals surface area contributed by atoms with Crippen molar-refractivity contribution in [2.75, 3.05) is 7.11 Å². The maximum Gasteiger partial charge on any atom is 0.407 e. The Bertz CT molecular complexity index is 752. The van der Waals surface area contributed by atoms with Crippen LogP contribution >= 0.6 is 0 Å². The average molecular weight is 347 g/mol. The fourth-order valence-electron chi connectivity index (χ4n) is 3.21. The first-order chi connectivity index (χ1) is 11.9. The Morgan fingerprint density at radius 3 is 2.84 bits per heavy atom. The number of hydrogen-bond donors (Lipinski definition) is 1. The molecule has 0 spiro atoms. The number of rotatable bonds is 3. The Balaban J connectivity index is 1.70. The highest BCUT2D eigenvalue weighted by molar-refractivity contribution is 5.68. The second kappa shape index (κ2) is 6.85. The van der Waals surface area contributed by atoms with Crippen LogP contribution in [0.4, 0.5) is 4.79 Å². The Kier molecular flexibility index (Phi) is 4.78. The smallest absolute Gasteiger partial charge is 0.407 e. The molecule has 1 N–H and O–H groups in total. The SMILES string of the molecule is COc1ccn2c([C@H]3CCC[C@@H](NC(=O)OC(C)(C)C)C3)nnc2n1. The summed E-state index contributed by atoms with van der Waals surface area (Å²) in [6.07, 6.45) is 5.30. The Labute approximate surface area is 146 Å². The highest BCUT2D eigenvalue weighted by Gasteiger charge is 2.29. The van der Waals surface area contributed by atoms with E-state index in [4.69, 9.17) is 9.47 Å². The van der Waals surface area contributed by atoms with Crippen molar-refractivity contribution in [1.82, 2.24) is 24.9 Å². The number of ether oxygens (including phenoxy) is 2. The van der Waals surface area contributed by atoms with Gasteiger partial charge in [-0.2, -0.15) is 4.98 Å². The number of nitrogens with one attached hydrogen (secondary N) is 1. The standard InChI is InChI=1S/C17H25N5O3/c1-17(2,3)25-16(23)18-12-7-5-6-11(10-12)14-20-21-15-19-13(24-4)8-9-22(14)15/h8-9,11-12H,5-7,10H2,1-4H3,(H,18,23)/t11-,12+/m0/s1. The lowest BCUT2D eigenvalue weighted by molar-refractivity contribution is 0.0490. The summed E-state index contributed by atoms with van der Waals surface area (Å²) in [7, 11) is 1.57. The highest BCUT2D eigenvalue weighted by atomic mass is 16.6. The molecule has 0 aromatic carbocycles. The molecule has 3 rings (SSSR count). The molecule has 1 saturated carbocycles. The first kappa shape index (κ1) is 17.4. The molecule has 0 bridgehead atoms. The Hall–Kier alpha value is -2.38. The zero-order valence-electron chi connectivity index (χ0n) is 15.2. The summed E-state index contributed by atoms with van der Waals surface area (Å²) in [5.74, 6) is 2.14. The van der Waals surface area contributed by atoms with Gasteiger partial charge in [0.15, 0.2) is 0 Å². The van der Waals surface area contributed by atoms with E-state index in [1.165, 1.54) is 0 Å². The number of fused-ring (bicyclic) bond motifs is 1. The van der Waals surface area contributed by atoms with Crippen LogP contribution in [0.5, 0.6) is 5.88 Å². The molecule has 136 valence electrons. The van der Waals surface area contributed by atoms with Crippen LogP contribution in [0.15, 0.2) is 12.3 Å². The van der Waals surface area contributed by atoms with Crippen molar-refractivity contribution in [3.8, 4) is 5.88 Å². The molecule has 8 nitrogen and oxygen atoms in total. The van der Waals surface area contributed by atoms with E-state index in [0.29, 0.717) is 11.7 Å². The molecule has 0 radical (unpaired) electrons. The third kappa shape index (κ3) is 4.18. The number of nitrogens with zero attached hydrogens (tertiary/aromatic N) is 4. The molecule has 2 atom stereocenters. The van der Waals surface area contributed by atoms with Crippen LogP contribution in [0.1, 0.15) is 58.2 Å². The maximum atomic E-state index is 12.0. The van der Waals surface area contributed by atoms with Gasteiger partial charge in [0.2, 0.25) is 5.88 Å². The number of alkyl carbamates (subject to hydrolysis) is 1. The minimum Gasteiger partial charge on any atom is -0.481 e. The molecule has 8 heteroatoms. The lowest BCUT2D eigenvalue weighted by atomic mass is 9.85. The molecular weight excluding hydrogens is 322 g/mol. The Morgan fingerprint density at radius 2 is 2.12 bits per heavy atom. The summed E-state index contributed by atoms with van der Waals surface area (Å²) in [5, 5.41) is 11.4. The zero-order valence-corrected chi connectivity index (χ0v) is 15.2. The topological polar surface area (TPSA) is 90.6 Å². The summed E-state index contributed by atoms with van der Waals surface area (Å²) in [6, 6.07) is 1.87. The van der Waals surface area contributed by atoms with E-state index < -0.39 is 5.60 Å². The van der Waals surface area contributed by atoms with Crippen molar-refractivity contribution in [1.29, 1.82) is 0 Å². The van der Waals surface area contributed by atoms with Crippen LogP contribution < -0.4 is 10.1 Å². The first-order valence-corrected chi connectivity index (χ1v) is 8.61. The van der Waals surface area contributed by atoms with Crippen molar-refractivity contribution in [2.24, 2.45) is 0 Å². The summed E-state index contributed by atoms with van der Waals surface area (Å²) in [5.41, 5.74) is -0.494. The molecule has 0 saturated heterocycles.